The van der Waals surface area contributed by atoms with Crippen molar-refractivity contribution in [2.24, 2.45) is 0 Å². The number of hydrogen-bond donors (Lipinski definition) is 1. The second kappa shape index (κ2) is 8.85. The fourth-order valence-electron chi connectivity index (χ4n) is 1.37. The van der Waals surface area contributed by atoms with Crippen LogP contribution in [0.25, 0.3) is 0 Å². The van der Waals surface area contributed by atoms with Crippen molar-refractivity contribution in [3.8, 4) is 0 Å². The number of carbonyl (C=O) groups excluding carboxylic acids is 1. The van der Waals surface area contributed by atoms with E-state index in [0.29, 0.717) is 12.8 Å². The first-order valence-electron chi connectivity index (χ1n) is 5.36. The Morgan fingerprint density at radius 2 is 1.33 bits per heavy atom. The zero-order chi connectivity index (χ0) is 11.6. The first kappa shape index (κ1) is 14.6. The van der Waals surface area contributed by atoms with Crippen molar-refractivity contribution in [3.05, 3.63) is 0 Å². The highest BCUT2D eigenvalue weighted by molar-refractivity contribution is 7.85. The van der Waals surface area contributed by atoms with Crippen molar-refractivity contribution >= 4 is 16.4 Å². The third-order valence-electron chi connectivity index (χ3n) is 2.18. The molecule has 0 unspecified atom stereocenters. The summed E-state index contributed by atoms with van der Waals surface area (Å²) in [6, 6.07) is 0. The van der Waals surface area contributed by atoms with Crippen LogP contribution in [0.2, 0.25) is 0 Å². The number of hydrogen-bond acceptors (Lipinski definition) is 3. The van der Waals surface area contributed by atoms with Gasteiger partial charge in [-0.1, -0.05) is 32.1 Å². The molecule has 0 aromatic heterocycles. The van der Waals surface area contributed by atoms with Crippen LogP contribution in [0, 0.1) is 0 Å². The molecule has 1 N–H and O–H groups in total. The molecule has 4 nitrogen and oxygen atoms in total. The highest BCUT2D eigenvalue weighted by Gasteiger charge is 2.02. The van der Waals surface area contributed by atoms with E-state index in [-0.39, 0.29) is 5.75 Å². The molecular formula is C10H19O4S. The predicted molar refractivity (Wildman–Crippen MR) is 59.0 cm³/mol. The van der Waals surface area contributed by atoms with E-state index in [1.807, 2.05) is 6.29 Å². The van der Waals surface area contributed by atoms with Crippen LogP contribution >= 0.6 is 0 Å². The summed E-state index contributed by atoms with van der Waals surface area (Å²) < 4.78 is 29.2. The molecule has 5 heteroatoms. The second-order valence-corrected chi connectivity index (χ2v) is 5.23. The normalized spacial score (nSPS) is 11.5. The fourth-order valence-corrected chi connectivity index (χ4v) is 1.93. The topological polar surface area (TPSA) is 71.4 Å². The van der Waals surface area contributed by atoms with E-state index in [1.54, 1.807) is 0 Å². The average molecular weight is 235 g/mol. The molecule has 0 bridgehead atoms. The molecule has 89 valence electrons. The molecule has 0 saturated carbocycles. The molecule has 0 atom stereocenters. The molecule has 0 rings (SSSR count). The van der Waals surface area contributed by atoms with Gasteiger partial charge in [-0.3, -0.25) is 9.35 Å². The Balaban J connectivity index is 3.08. The van der Waals surface area contributed by atoms with Crippen LogP contribution in [0.5, 0.6) is 0 Å². The summed E-state index contributed by atoms with van der Waals surface area (Å²) in [5, 5.41) is 0. The van der Waals surface area contributed by atoms with Crippen molar-refractivity contribution in [2.45, 2.75) is 51.4 Å². The van der Waals surface area contributed by atoms with Gasteiger partial charge in [0.05, 0.1) is 5.75 Å². The van der Waals surface area contributed by atoms with Gasteiger partial charge in [-0.25, -0.2) is 0 Å². The minimum Gasteiger partial charge on any atom is -0.291 e. The predicted octanol–water partition coefficient (Wildman–Crippen LogP) is 2.10. The summed E-state index contributed by atoms with van der Waals surface area (Å²) in [4.78, 5) is 9.87. The van der Waals surface area contributed by atoms with E-state index in [0.717, 1.165) is 38.5 Å². The second-order valence-electron chi connectivity index (χ2n) is 3.66. The molecular weight excluding hydrogens is 216 g/mol. The van der Waals surface area contributed by atoms with Crippen LogP contribution < -0.4 is 0 Å². The summed E-state index contributed by atoms with van der Waals surface area (Å²) in [5.74, 6) is -0.132. The van der Waals surface area contributed by atoms with Gasteiger partial charge in [0.1, 0.15) is 0 Å². The number of unbranched alkanes of at least 4 members (excludes halogenated alkanes) is 7. The maximum atomic E-state index is 10.4. The lowest BCUT2D eigenvalue weighted by molar-refractivity contribution is 0.478. The summed E-state index contributed by atoms with van der Waals surface area (Å²) in [5.41, 5.74) is 0. The van der Waals surface area contributed by atoms with Crippen molar-refractivity contribution in [1.82, 2.24) is 0 Å². The van der Waals surface area contributed by atoms with E-state index >= 15 is 0 Å². The summed E-state index contributed by atoms with van der Waals surface area (Å²) in [6.45, 7) is 0. The summed E-state index contributed by atoms with van der Waals surface area (Å²) in [7, 11) is -3.77. The van der Waals surface area contributed by atoms with Gasteiger partial charge in [0.15, 0.2) is 6.29 Å². The van der Waals surface area contributed by atoms with Gasteiger partial charge in [0, 0.05) is 6.42 Å². The lowest BCUT2D eigenvalue weighted by atomic mass is 10.1. The van der Waals surface area contributed by atoms with Gasteiger partial charge in [-0.2, -0.15) is 8.42 Å². The van der Waals surface area contributed by atoms with Crippen LogP contribution in [0.4, 0.5) is 0 Å². The molecule has 0 spiro atoms. The van der Waals surface area contributed by atoms with E-state index in [2.05, 4.69) is 0 Å². The highest BCUT2D eigenvalue weighted by Crippen LogP contribution is 2.08. The van der Waals surface area contributed by atoms with Gasteiger partial charge in [0.25, 0.3) is 10.1 Å². The van der Waals surface area contributed by atoms with Crippen molar-refractivity contribution in [3.63, 3.8) is 0 Å². The Kier molecular flexibility index (Phi) is 8.61. The van der Waals surface area contributed by atoms with Gasteiger partial charge in [-0.05, 0) is 12.8 Å². The van der Waals surface area contributed by atoms with Crippen molar-refractivity contribution < 1.29 is 17.8 Å². The molecule has 0 fully saturated rings. The molecule has 1 radical (unpaired) electrons. The molecule has 0 heterocycles. The molecule has 15 heavy (non-hydrogen) atoms. The SMILES string of the molecule is O=[C]CCCCCCCCCS(=O)(=O)O. The van der Waals surface area contributed by atoms with Crippen LogP contribution in [0.3, 0.4) is 0 Å². The maximum absolute atomic E-state index is 10.4. The standard InChI is InChI=1S/C10H19O4S/c11-9-7-5-3-1-2-4-6-8-10-15(12,13)14/h1-8,10H2,(H,12,13,14). The van der Waals surface area contributed by atoms with Gasteiger partial charge in [0.2, 0.25) is 0 Å². The Morgan fingerprint density at radius 3 is 1.80 bits per heavy atom. The summed E-state index contributed by atoms with van der Waals surface area (Å²) >= 11 is 0. The Hall–Kier alpha value is -0.420. The highest BCUT2D eigenvalue weighted by atomic mass is 32.2. The fraction of sp³-hybridized carbons (Fsp3) is 0.900. The Bertz CT molecular complexity index is 246. The smallest absolute Gasteiger partial charge is 0.264 e. The van der Waals surface area contributed by atoms with Gasteiger partial charge < -0.3 is 0 Å². The lowest BCUT2D eigenvalue weighted by Crippen LogP contribution is -2.03. The van der Waals surface area contributed by atoms with Crippen LogP contribution in [-0.4, -0.2) is 25.0 Å². The van der Waals surface area contributed by atoms with E-state index < -0.39 is 10.1 Å². The van der Waals surface area contributed by atoms with Gasteiger partial charge >= 0.3 is 0 Å². The number of rotatable bonds is 10. The Morgan fingerprint density at radius 1 is 0.867 bits per heavy atom. The largest absolute Gasteiger partial charge is 0.291 e. The van der Waals surface area contributed by atoms with Crippen LogP contribution in [0.1, 0.15) is 51.4 Å². The van der Waals surface area contributed by atoms with E-state index in [9.17, 15) is 13.2 Å². The first-order valence-corrected chi connectivity index (χ1v) is 6.97. The maximum Gasteiger partial charge on any atom is 0.264 e. The molecule has 0 aliphatic heterocycles. The molecule has 0 aliphatic carbocycles. The minimum absolute atomic E-state index is 0.132. The van der Waals surface area contributed by atoms with Crippen LogP contribution in [0.15, 0.2) is 0 Å². The zero-order valence-corrected chi connectivity index (χ0v) is 9.76. The van der Waals surface area contributed by atoms with Crippen molar-refractivity contribution in [2.75, 3.05) is 5.75 Å². The molecule has 0 aromatic carbocycles. The van der Waals surface area contributed by atoms with E-state index in [4.69, 9.17) is 4.55 Å². The Labute approximate surface area is 91.8 Å². The van der Waals surface area contributed by atoms with Crippen LogP contribution in [-0.2, 0) is 14.9 Å². The third kappa shape index (κ3) is 13.6. The third-order valence-corrected chi connectivity index (χ3v) is 2.99. The van der Waals surface area contributed by atoms with Gasteiger partial charge in [-0.15, -0.1) is 0 Å². The average Bonchev–Trinajstić information content (AvgIpc) is 2.14. The zero-order valence-electron chi connectivity index (χ0n) is 8.94. The molecule has 0 saturated heterocycles. The molecule has 0 amide bonds. The lowest BCUT2D eigenvalue weighted by Gasteiger charge is -1.99. The summed E-state index contributed by atoms with van der Waals surface area (Å²) in [6.07, 6.45) is 8.79. The molecule has 0 aromatic rings. The molecule has 0 aliphatic rings. The monoisotopic (exact) mass is 235 g/mol. The van der Waals surface area contributed by atoms with E-state index in [1.165, 1.54) is 0 Å². The van der Waals surface area contributed by atoms with Crippen molar-refractivity contribution in [1.29, 1.82) is 0 Å². The first-order chi connectivity index (χ1) is 7.06. The minimum atomic E-state index is -3.77. The quantitative estimate of drug-likeness (QED) is 0.465.